The highest BCUT2D eigenvalue weighted by Crippen LogP contribution is 2.30. The number of aliphatic imine (C=N–C) groups is 1. The monoisotopic (exact) mass is 380 g/mol. The molecule has 4 rings (SSSR count). The third kappa shape index (κ3) is 2.65. The second-order valence-corrected chi connectivity index (χ2v) is 6.72. The van der Waals surface area contributed by atoms with E-state index in [9.17, 15) is 0 Å². The molecule has 2 aromatic carbocycles. The summed E-state index contributed by atoms with van der Waals surface area (Å²) in [6.07, 6.45) is 5.73. The van der Waals surface area contributed by atoms with E-state index in [4.69, 9.17) is 0 Å². The number of halogens is 1. The molecule has 0 saturated carbocycles. The van der Waals surface area contributed by atoms with Gasteiger partial charge in [0.15, 0.2) is 0 Å². The van der Waals surface area contributed by atoms with Crippen LogP contribution in [0.5, 0.6) is 0 Å². The fourth-order valence-corrected chi connectivity index (χ4v) is 3.31. The van der Waals surface area contributed by atoms with Gasteiger partial charge in [-0.2, -0.15) is 0 Å². The lowest BCUT2D eigenvalue weighted by Gasteiger charge is -2.34. The molecule has 0 spiro atoms. The van der Waals surface area contributed by atoms with Gasteiger partial charge in [0.1, 0.15) is 12.1 Å². The van der Waals surface area contributed by atoms with Crippen LogP contribution in [0.2, 0.25) is 0 Å². The first kappa shape index (κ1) is 15.1. The fraction of sp³-hybridized carbons (Fsp3) is 0.158. The first-order valence-corrected chi connectivity index (χ1v) is 8.70. The largest absolute Gasteiger partial charge is 0.344 e. The second-order valence-electron chi connectivity index (χ2n) is 5.80. The van der Waals surface area contributed by atoms with Gasteiger partial charge >= 0.3 is 0 Å². The van der Waals surface area contributed by atoms with Crippen molar-refractivity contribution in [3.05, 3.63) is 71.1 Å². The summed E-state index contributed by atoms with van der Waals surface area (Å²) in [4.78, 5) is 11.2. The number of hydrogen-bond acceptors (Lipinski definition) is 3. The summed E-state index contributed by atoms with van der Waals surface area (Å²) in [5, 5.41) is 0. The Morgan fingerprint density at radius 3 is 2.71 bits per heavy atom. The predicted molar refractivity (Wildman–Crippen MR) is 102 cm³/mol. The van der Waals surface area contributed by atoms with Crippen molar-refractivity contribution in [2.75, 3.05) is 6.54 Å². The molecule has 0 aliphatic carbocycles. The lowest BCUT2D eigenvalue weighted by molar-refractivity contribution is 0.341. The molecular weight excluding hydrogens is 364 g/mol. The van der Waals surface area contributed by atoms with E-state index in [0.717, 1.165) is 27.9 Å². The van der Waals surface area contributed by atoms with Gasteiger partial charge in [0, 0.05) is 10.7 Å². The van der Waals surface area contributed by atoms with Crippen LogP contribution in [0.25, 0.3) is 16.9 Å². The number of rotatable bonds is 3. The van der Waals surface area contributed by atoms with Gasteiger partial charge in [-0.25, -0.2) is 4.98 Å². The number of fused-ring (bicyclic) bond motifs is 1. The highest BCUT2D eigenvalue weighted by molar-refractivity contribution is 9.10. The number of benzene rings is 2. The molecule has 0 N–H and O–H groups in total. The summed E-state index contributed by atoms with van der Waals surface area (Å²) in [7, 11) is 0. The van der Waals surface area contributed by atoms with Crippen molar-refractivity contribution in [2.45, 2.75) is 13.0 Å². The molecule has 5 heteroatoms. The predicted octanol–water partition coefficient (Wildman–Crippen LogP) is 4.70. The van der Waals surface area contributed by atoms with Crippen LogP contribution in [-0.2, 0) is 0 Å². The molecule has 3 aromatic rings. The SMILES string of the molecule is C[C@@H](c1ccc(Br)cc1)N1CC=NC=C1n1cnc2ccccc21. The van der Waals surface area contributed by atoms with Gasteiger partial charge < -0.3 is 4.90 Å². The van der Waals surface area contributed by atoms with Crippen LogP contribution >= 0.6 is 15.9 Å². The van der Waals surface area contributed by atoms with Crippen LogP contribution in [-0.4, -0.2) is 27.2 Å². The highest BCUT2D eigenvalue weighted by Gasteiger charge is 2.22. The Labute approximate surface area is 149 Å². The molecule has 0 amide bonds. The molecule has 0 fully saturated rings. The van der Waals surface area contributed by atoms with Gasteiger partial charge in [-0.05, 0) is 36.8 Å². The topological polar surface area (TPSA) is 33.4 Å². The van der Waals surface area contributed by atoms with E-state index in [0.29, 0.717) is 0 Å². The van der Waals surface area contributed by atoms with Crippen LogP contribution in [0.4, 0.5) is 0 Å². The fourth-order valence-electron chi connectivity index (χ4n) is 3.04. The van der Waals surface area contributed by atoms with Gasteiger partial charge in [-0.1, -0.05) is 40.2 Å². The maximum Gasteiger partial charge on any atom is 0.134 e. The van der Waals surface area contributed by atoms with Gasteiger partial charge in [0.05, 0.1) is 29.8 Å². The normalized spacial score (nSPS) is 15.6. The summed E-state index contributed by atoms with van der Waals surface area (Å²) in [6.45, 7) is 2.99. The van der Waals surface area contributed by atoms with Crippen molar-refractivity contribution in [1.29, 1.82) is 0 Å². The van der Waals surface area contributed by atoms with Crippen molar-refractivity contribution in [2.24, 2.45) is 4.99 Å². The lowest BCUT2D eigenvalue weighted by Crippen LogP contribution is -2.31. The first-order valence-electron chi connectivity index (χ1n) is 7.90. The third-order valence-electron chi connectivity index (χ3n) is 4.39. The zero-order chi connectivity index (χ0) is 16.5. The van der Waals surface area contributed by atoms with Gasteiger partial charge in [-0.3, -0.25) is 9.56 Å². The van der Waals surface area contributed by atoms with E-state index in [2.05, 4.69) is 72.6 Å². The summed E-state index contributed by atoms with van der Waals surface area (Å²) in [6, 6.07) is 16.9. The van der Waals surface area contributed by atoms with Crippen LogP contribution in [0, 0.1) is 0 Å². The van der Waals surface area contributed by atoms with E-state index in [1.54, 1.807) is 0 Å². The molecule has 0 bridgehead atoms. The highest BCUT2D eigenvalue weighted by atomic mass is 79.9. The molecule has 4 nitrogen and oxygen atoms in total. The van der Waals surface area contributed by atoms with E-state index >= 15 is 0 Å². The quantitative estimate of drug-likeness (QED) is 0.659. The Balaban J connectivity index is 1.74. The van der Waals surface area contributed by atoms with Crippen LogP contribution in [0.15, 0.2) is 70.5 Å². The van der Waals surface area contributed by atoms with Crippen LogP contribution in [0.1, 0.15) is 18.5 Å². The van der Waals surface area contributed by atoms with E-state index < -0.39 is 0 Å². The molecular formula is C19H17BrN4. The number of hydrogen-bond donors (Lipinski definition) is 0. The van der Waals surface area contributed by atoms with E-state index in [1.165, 1.54) is 5.56 Å². The number of aromatic nitrogens is 2. The molecule has 1 aliphatic rings. The van der Waals surface area contributed by atoms with Gasteiger partial charge in [0.2, 0.25) is 0 Å². The first-order chi connectivity index (χ1) is 11.7. The Kier molecular flexibility index (Phi) is 3.94. The summed E-state index contributed by atoms with van der Waals surface area (Å²) in [5.74, 6) is 1.04. The van der Waals surface area contributed by atoms with Crippen molar-refractivity contribution in [1.82, 2.24) is 14.5 Å². The van der Waals surface area contributed by atoms with Crippen molar-refractivity contribution in [3.8, 4) is 0 Å². The van der Waals surface area contributed by atoms with Crippen LogP contribution < -0.4 is 0 Å². The summed E-state index contributed by atoms with van der Waals surface area (Å²) < 4.78 is 3.20. The average molecular weight is 381 g/mol. The minimum absolute atomic E-state index is 0.234. The zero-order valence-electron chi connectivity index (χ0n) is 13.3. The van der Waals surface area contributed by atoms with Crippen molar-refractivity contribution >= 4 is 39.0 Å². The summed E-state index contributed by atoms with van der Waals surface area (Å²) >= 11 is 3.50. The van der Waals surface area contributed by atoms with Crippen LogP contribution in [0.3, 0.4) is 0 Å². The summed E-state index contributed by atoms with van der Waals surface area (Å²) in [5.41, 5.74) is 3.35. The van der Waals surface area contributed by atoms with Crippen molar-refractivity contribution < 1.29 is 0 Å². The maximum absolute atomic E-state index is 4.51. The number of para-hydroxylation sites is 2. The molecule has 0 radical (unpaired) electrons. The van der Waals surface area contributed by atoms with Crippen molar-refractivity contribution in [3.63, 3.8) is 0 Å². The van der Waals surface area contributed by atoms with E-state index in [-0.39, 0.29) is 6.04 Å². The standard InChI is InChI=1S/C19H17BrN4/c1-14(15-6-8-16(20)9-7-15)23-11-10-21-12-19(23)24-13-22-17-4-2-3-5-18(17)24/h2-10,12-14H,11H2,1H3/t14-/m0/s1. The minimum atomic E-state index is 0.234. The second kappa shape index (κ2) is 6.24. The zero-order valence-corrected chi connectivity index (χ0v) is 14.9. The molecule has 1 aliphatic heterocycles. The molecule has 0 unspecified atom stereocenters. The smallest absolute Gasteiger partial charge is 0.134 e. The lowest BCUT2D eigenvalue weighted by atomic mass is 10.1. The Morgan fingerprint density at radius 2 is 1.88 bits per heavy atom. The Bertz CT molecular complexity index is 924. The Morgan fingerprint density at radius 1 is 1.08 bits per heavy atom. The van der Waals surface area contributed by atoms with Gasteiger partial charge in [-0.15, -0.1) is 0 Å². The third-order valence-corrected chi connectivity index (χ3v) is 4.92. The van der Waals surface area contributed by atoms with E-state index in [1.807, 2.05) is 36.9 Å². The average Bonchev–Trinajstić information content (AvgIpc) is 3.06. The molecule has 1 atom stereocenters. The maximum atomic E-state index is 4.51. The molecule has 2 heterocycles. The molecule has 1 aromatic heterocycles. The number of imidazole rings is 1. The number of nitrogens with zero attached hydrogens (tertiary/aromatic N) is 4. The molecule has 24 heavy (non-hydrogen) atoms. The molecule has 120 valence electrons. The Hall–Kier alpha value is -2.40. The van der Waals surface area contributed by atoms with Gasteiger partial charge in [0.25, 0.3) is 0 Å². The molecule has 0 saturated heterocycles. The minimum Gasteiger partial charge on any atom is -0.344 e.